The van der Waals surface area contributed by atoms with Crippen molar-refractivity contribution in [2.45, 2.75) is 51.7 Å². The summed E-state index contributed by atoms with van der Waals surface area (Å²) in [5, 5.41) is 6.89. The molecule has 0 saturated carbocycles. The lowest BCUT2D eigenvalue weighted by Gasteiger charge is -2.36. The highest BCUT2D eigenvalue weighted by Crippen LogP contribution is 2.43. The molecule has 172 valence electrons. The van der Waals surface area contributed by atoms with E-state index < -0.39 is 17.9 Å². The van der Waals surface area contributed by atoms with Crippen molar-refractivity contribution in [1.29, 1.82) is 0 Å². The Labute approximate surface area is 179 Å². The first kappa shape index (κ1) is 23.2. The zero-order chi connectivity index (χ0) is 22.6. The Morgan fingerprint density at radius 3 is 2.45 bits per heavy atom. The topological polar surface area (TPSA) is 92.1 Å². The molecule has 10 heteroatoms. The third kappa shape index (κ3) is 4.89. The average Bonchev–Trinajstić information content (AvgIpc) is 3.43. The summed E-state index contributed by atoms with van der Waals surface area (Å²) in [6.45, 7) is 2.25. The number of carbonyl (C=O) groups excluding carboxylic acids is 2. The van der Waals surface area contributed by atoms with Crippen molar-refractivity contribution in [3.05, 3.63) is 23.5 Å². The Balaban J connectivity index is 0.000000858. The zero-order valence-corrected chi connectivity index (χ0v) is 17.6. The van der Waals surface area contributed by atoms with Crippen molar-refractivity contribution in [2.24, 2.45) is 5.41 Å². The molecule has 1 aromatic heterocycles. The maximum absolute atomic E-state index is 13.3. The zero-order valence-electron chi connectivity index (χ0n) is 17.6. The van der Waals surface area contributed by atoms with Gasteiger partial charge in [-0.1, -0.05) is 0 Å². The van der Waals surface area contributed by atoms with Gasteiger partial charge in [-0.2, -0.15) is 8.78 Å². The van der Waals surface area contributed by atoms with Gasteiger partial charge >= 0.3 is 12.5 Å². The number of amides is 1. The maximum Gasteiger partial charge on any atom is 0.319 e. The Kier molecular flexibility index (Phi) is 7.30. The summed E-state index contributed by atoms with van der Waals surface area (Å²) >= 11 is 0. The van der Waals surface area contributed by atoms with Crippen molar-refractivity contribution >= 4 is 18.3 Å². The first-order chi connectivity index (χ1) is 14.8. The number of hydrogen-bond acceptors (Lipinski definition) is 5. The summed E-state index contributed by atoms with van der Waals surface area (Å²) in [4.78, 5) is 37.6. The highest BCUT2D eigenvalue weighted by atomic mass is 19.3. The molecule has 1 spiro atoms. The van der Waals surface area contributed by atoms with E-state index in [1.165, 1.54) is 25.0 Å². The summed E-state index contributed by atoms with van der Waals surface area (Å²) in [6.07, 6.45) is 4.07. The molecule has 1 N–H and O–H groups in total. The van der Waals surface area contributed by atoms with Gasteiger partial charge in [0, 0.05) is 31.7 Å². The maximum atomic E-state index is 13.3. The molecule has 3 aliphatic heterocycles. The number of cyclic esters (lactones) is 1. The number of rotatable bonds is 4. The number of likely N-dealkylation sites (tertiary alicyclic amines) is 2. The summed E-state index contributed by atoms with van der Waals surface area (Å²) in [5.41, 5.74) is -0.165. The average molecular weight is 441 g/mol. The van der Waals surface area contributed by atoms with E-state index in [9.17, 15) is 18.4 Å². The van der Waals surface area contributed by atoms with Crippen LogP contribution in [0.25, 0.3) is 0 Å². The third-order valence-electron chi connectivity index (χ3n) is 6.53. The first-order valence-corrected chi connectivity index (χ1v) is 10.6. The first-order valence-electron chi connectivity index (χ1n) is 10.6. The number of halogens is 2. The Bertz CT molecular complexity index is 799. The fourth-order valence-corrected chi connectivity index (χ4v) is 4.88. The second-order valence-corrected chi connectivity index (χ2v) is 8.42. The van der Waals surface area contributed by atoms with E-state index in [0.29, 0.717) is 38.0 Å². The van der Waals surface area contributed by atoms with Crippen LogP contribution in [0.4, 0.5) is 8.78 Å². The van der Waals surface area contributed by atoms with E-state index >= 15 is 0 Å². The van der Waals surface area contributed by atoms with Crippen molar-refractivity contribution in [1.82, 2.24) is 14.4 Å². The van der Waals surface area contributed by atoms with E-state index in [1.807, 2.05) is 0 Å². The molecule has 3 fully saturated rings. The van der Waals surface area contributed by atoms with Crippen molar-refractivity contribution in [3.63, 3.8) is 0 Å². The number of nitrogens with zero attached hydrogens (tertiary/aromatic N) is 3. The quantitative estimate of drug-likeness (QED) is 0.570. The Morgan fingerprint density at radius 2 is 1.87 bits per heavy atom. The molecule has 1 unspecified atom stereocenters. The molecule has 0 bridgehead atoms. The molecule has 31 heavy (non-hydrogen) atoms. The number of alkyl halides is 2. The Hall–Kier alpha value is -2.49. The van der Waals surface area contributed by atoms with Crippen LogP contribution < -0.4 is 0 Å². The van der Waals surface area contributed by atoms with Gasteiger partial charge in [-0.15, -0.1) is 0 Å². The predicted molar refractivity (Wildman–Crippen MR) is 107 cm³/mol. The van der Waals surface area contributed by atoms with Gasteiger partial charge in [0.05, 0.1) is 5.41 Å². The number of ether oxygens (including phenoxy) is 1. The standard InChI is InChI=1S/C20H27F2N3O3.CH2O2/c1-14-4-5-16(25(14)19(21)22)17(26)24-10-6-20(7-11-24)12-15(28-18(20)27)13-23-8-2-3-9-23;2-1-3/h4-5,15,19H,2-3,6-13H2,1H3;1H,(H,2,3). The normalized spacial score (nSPS) is 23.0. The number of carbonyl (C=O) groups is 3. The van der Waals surface area contributed by atoms with Gasteiger partial charge in [0.25, 0.3) is 12.4 Å². The third-order valence-corrected chi connectivity index (χ3v) is 6.53. The van der Waals surface area contributed by atoms with Crippen LogP contribution in [-0.4, -0.2) is 76.6 Å². The second kappa shape index (κ2) is 9.76. The highest BCUT2D eigenvalue weighted by molar-refractivity contribution is 5.93. The van der Waals surface area contributed by atoms with Crippen LogP contribution >= 0.6 is 0 Å². The SMILES string of the molecule is Cc1ccc(C(=O)N2CCC3(CC2)CC(CN2CCCC2)OC3=O)n1C(F)F.O=CO. The van der Waals surface area contributed by atoms with Gasteiger partial charge in [0.2, 0.25) is 0 Å². The molecule has 1 atom stereocenters. The smallest absolute Gasteiger partial charge is 0.319 e. The molecular formula is C21H29F2N3O5. The molecule has 4 rings (SSSR count). The number of aromatic nitrogens is 1. The number of piperidine rings is 1. The minimum Gasteiger partial charge on any atom is -0.483 e. The molecular weight excluding hydrogens is 412 g/mol. The van der Waals surface area contributed by atoms with Gasteiger partial charge in [0.15, 0.2) is 0 Å². The lowest BCUT2D eigenvalue weighted by Crippen LogP contribution is -2.45. The molecule has 0 aromatic carbocycles. The molecule has 4 heterocycles. The second-order valence-electron chi connectivity index (χ2n) is 8.42. The number of aryl methyl sites for hydroxylation is 1. The summed E-state index contributed by atoms with van der Waals surface area (Å²) < 4.78 is 33.0. The van der Waals surface area contributed by atoms with Crippen LogP contribution in [0.15, 0.2) is 12.1 Å². The number of esters is 1. The minimum absolute atomic E-state index is 0.00404. The van der Waals surface area contributed by atoms with E-state index in [2.05, 4.69) is 4.90 Å². The van der Waals surface area contributed by atoms with Crippen LogP contribution in [0.2, 0.25) is 0 Å². The van der Waals surface area contributed by atoms with Crippen molar-refractivity contribution < 1.29 is 33.0 Å². The van der Waals surface area contributed by atoms with Gasteiger partial charge < -0.3 is 14.7 Å². The molecule has 8 nitrogen and oxygen atoms in total. The number of carboxylic acid groups (broad SMARTS) is 1. The van der Waals surface area contributed by atoms with Crippen LogP contribution in [-0.2, 0) is 14.3 Å². The van der Waals surface area contributed by atoms with Crippen LogP contribution in [0.5, 0.6) is 0 Å². The monoisotopic (exact) mass is 441 g/mol. The predicted octanol–water partition coefficient (Wildman–Crippen LogP) is 2.53. The lowest BCUT2D eigenvalue weighted by molar-refractivity contribution is -0.151. The van der Waals surface area contributed by atoms with E-state index in [-0.39, 0.29) is 24.2 Å². The van der Waals surface area contributed by atoms with E-state index in [1.54, 1.807) is 11.8 Å². The summed E-state index contributed by atoms with van der Waals surface area (Å²) in [6, 6.07) is 2.98. The largest absolute Gasteiger partial charge is 0.483 e. The number of hydrogen-bond donors (Lipinski definition) is 1. The minimum atomic E-state index is -2.75. The molecule has 1 aromatic rings. The van der Waals surface area contributed by atoms with E-state index in [4.69, 9.17) is 14.6 Å². The summed E-state index contributed by atoms with van der Waals surface area (Å²) in [5.74, 6) is -0.557. The van der Waals surface area contributed by atoms with Crippen molar-refractivity contribution in [3.8, 4) is 0 Å². The molecule has 0 aliphatic carbocycles. The molecule has 0 radical (unpaired) electrons. The fraction of sp³-hybridized carbons (Fsp3) is 0.667. The van der Waals surface area contributed by atoms with Crippen LogP contribution in [0.3, 0.4) is 0 Å². The summed E-state index contributed by atoms with van der Waals surface area (Å²) in [7, 11) is 0. The van der Waals surface area contributed by atoms with E-state index in [0.717, 1.165) is 24.2 Å². The molecule has 1 amide bonds. The fourth-order valence-electron chi connectivity index (χ4n) is 4.88. The molecule has 3 saturated heterocycles. The molecule has 3 aliphatic rings. The van der Waals surface area contributed by atoms with Gasteiger partial charge in [0.1, 0.15) is 11.8 Å². The highest BCUT2D eigenvalue weighted by Gasteiger charge is 2.51. The Morgan fingerprint density at radius 1 is 1.26 bits per heavy atom. The van der Waals surface area contributed by atoms with Gasteiger partial charge in [-0.05, 0) is 57.8 Å². The van der Waals surface area contributed by atoms with Crippen LogP contribution in [0, 0.1) is 12.3 Å². The van der Waals surface area contributed by atoms with Gasteiger partial charge in [-0.25, -0.2) is 0 Å². The van der Waals surface area contributed by atoms with Crippen molar-refractivity contribution in [2.75, 3.05) is 32.7 Å². The van der Waals surface area contributed by atoms with Gasteiger partial charge in [-0.3, -0.25) is 23.9 Å². The van der Waals surface area contributed by atoms with Crippen LogP contribution in [0.1, 0.15) is 54.8 Å². The lowest BCUT2D eigenvalue weighted by atomic mass is 9.76.